The molecule has 4 heterocycles. The fraction of sp³-hybridized carbons (Fsp3) is 0.526. The lowest BCUT2D eigenvalue weighted by Gasteiger charge is -2.42. The van der Waals surface area contributed by atoms with Gasteiger partial charge in [-0.25, -0.2) is 9.97 Å². The standard InChI is InChI=1S/C19H25N5O.2ClH/c1-13-18(24-10-7-16-15(11-24)5-3-9-21-16)22-12-23-19(13)25-17-6-4-8-20-14(17)2;;/h4,6,8,12,15-16,21H,3,5,7,9-11H2,1-2H3;2*1H/t15-,16+;;/m1../s1. The molecule has 27 heavy (non-hydrogen) atoms. The van der Waals surface area contributed by atoms with E-state index in [0.29, 0.717) is 17.8 Å². The first kappa shape index (κ1) is 21.7. The van der Waals surface area contributed by atoms with E-state index in [-0.39, 0.29) is 24.8 Å². The second-order valence-electron chi connectivity index (χ2n) is 7.01. The van der Waals surface area contributed by atoms with Crippen LogP contribution < -0.4 is 15.0 Å². The maximum atomic E-state index is 6.03. The summed E-state index contributed by atoms with van der Waals surface area (Å²) in [5, 5.41) is 3.67. The Morgan fingerprint density at radius 2 is 2.00 bits per heavy atom. The number of aryl methyl sites for hydroxylation is 1. The summed E-state index contributed by atoms with van der Waals surface area (Å²) in [6.45, 7) is 7.23. The van der Waals surface area contributed by atoms with Crippen molar-refractivity contribution < 1.29 is 4.74 Å². The van der Waals surface area contributed by atoms with E-state index in [1.54, 1.807) is 12.5 Å². The van der Waals surface area contributed by atoms with Crippen molar-refractivity contribution in [1.29, 1.82) is 0 Å². The lowest BCUT2D eigenvalue weighted by Crippen LogP contribution is -2.52. The number of aromatic nitrogens is 3. The monoisotopic (exact) mass is 411 g/mol. The SMILES string of the molecule is Cc1ncccc1Oc1ncnc(N2CC[C@@H]3NCCC[C@@H]3C2)c1C.Cl.Cl. The normalized spacial score (nSPS) is 21.5. The van der Waals surface area contributed by atoms with Crippen LogP contribution >= 0.6 is 24.8 Å². The molecule has 0 radical (unpaired) electrons. The zero-order valence-electron chi connectivity index (χ0n) is 15.7. The Kier molecular flexibility index (Phi) is 7.65. The van der Waals surface area contributed by atoms with Gasteiger partial charge in [-0.3, -0.25) is 4.98 Å². The van der Waals surface area contributed by atoms with Crippen molar-refractivity contribution in [3.63, 3.8) is 0 Å². The van der Waals surface area contributed by atoms with E-state index >= 15 is 0 Å². The molecule has 2 atom stereocenters. The summed E-state index contributed by atoms with van der Waals surface area (Å²) in [5.41, 5.74) is 1.85. The van der Waals surface area contributed by atoms with Crippen LogP contribution in [-0.4, -0.2) is 40.6 Å². The summed E-state index contributed by atoms with van der Waals surface area (Å²) >= 11 is 0. The summed E-state index contributed by atoms with van der Waals surface area (Å²) in [6, 6.07) is 4.46. The van der Waals surface area contributed by atoms with Crippen LogP contribution in [0.1, 0.15) is 30.5 Å². The highest BCUT2D eigenvalue weighted by atomic mass is 35.5. The summed E-state index contributed by atoms with van der Waals surface area (Å²) in [5.74, 6) is 3.06. The van der Waals surface area contributed by atoms with E-state index in [1.807, 2.05) is 26.0 Å². The highest BCUT2D eigenvalue weighted by molar-refractivity contribution is 5.85. The van der Waals surface area contributed by atoms with Gasteiger partial charge in [0.2, 0.25) is 5.88 Å². The zero-order valence-corrected chi connectivity index (χ0v) is 17.4. The fourth-order valence-corrected chi connectivity index (χ4v) is 3.97. The molecule has 8 heteroatoms. The molecule has 0 spiro atoms. The van der Waals surface area contributed by atoms with Crippen LogP contribution in [0.2, 0.25) is 0 Å². The molecule has 0 bridgehead atoms. The van der Waals surface area contributed by atoms with Crippen molar-refractivity contribution in [2.24, 2.45) is 5.92 Å². The lowest BCUT2D eigenvalue weighted by atomic mass is 9.85. The van der Waals surface area contributed by atoms with Crippen LogP contribution in [0, 0.1) is 19.8 Å². The molecule has 0 amide bonds. The third-order valence-corrected chi connectivity index (χ3v) is 5.37. The third kappa shape index (κ3) is 4.62. The summed E-state index contributed by atoms with van der Waals surface area (Å²) < 4.78 is 6.03. The molecule has 148 valence electrons. The average Bonchev–Trinajstić information content (AvgIpc) is 2.65. The molecule has 2 saturated heterocycles. The van der Waals surface area contributed by atoms with Gasteiger partial charge in [0.05, 0.1) is 11.3 Å². The minimum absolute atomic E-state index is 0. The van der Waals surface area contributed by atoms with Crippen molar-refractivity contribution in [1.82, 2.24) is 20.3 Å². The highest BCUT2D eigenvalue weighted by Crippen LogP contribution is 2.33. The number of ether oxygens (including phenoxy) is 1. The summed E-state index contributed by atoms with van der Waals surface area (Å²) in [4.78, 5) is 15.6. The summed E-state index contributed by atoms with van der Waals surface area (Å²) in [7, 11) is 0. The Morgan fingerprint density at radius 3 is 2.81 bits per heavy atom. The molecule has 4 rings (SSSR count). The first-order valence-electron chi connectivity index (χ1n) is 9.12. The largest absolute Gasteiger partial charge is 0.437 e. The number of nitrogens with one attached hydrogen (secondary N) is 1. The molecular formula is C19H27Cl2N5O. The Labute approximate surface area is 173 Å². The average molecular weight is 412 g/mol. The third-order valence-electron chi connectivity index (χ3n) is 5.37. The van der Waals surface area contributed by atoms with Gasteiger partial charge in [0, 0.05) is 25.3 Å². The van der Waals surface area contributed by atoms with E-state index in [9.17, 15) is 0 Å². The van der Waals surface area contributed by atoms with Crippen molar-refractivity contribution in [2.45, 2.75) is 39.2 Å². The van der Waals surface area contributed by atoms with Gasteiger partial charge in [0.1, 0.15) is 12.1 Å². The number of halogens is 2. The Bertz CT molecular complexity index is 761. The van der Waals surface area contributed by atoms with Crippen molar-refractivity contribution in [3.05, 3.63) is 35.9 Å². The van der Waals surface area contributed by atoms with Crippen LogP contribution in [0.3, 0.4) is 0 Å². The molecule has 2 aliphatic rings. The maximum Gasteiger partial charge on any atom is 0.227 e. The van der Waals surface area contributed by atoms with Gasteiger partial charge >= 0.3 is 0 Å². The first-order valence-corrected chi connectivity index (χ1v) is 9.12. The maximum absolute atomic E-state index is 6.03. The topological polar surface area (TPSA) is 63.2 Å². The van der Waals surface area contributed by atoms with Gasteiger partial charge in [-0.1, -0.05) is 0 Å². The van der Waals surface area contributed by atoms with Gasteiger partial charge in [-0.2, -0.15) is 0 Å². The molecule has 6 nitrogen and oxygen atoms in total. The Morgan fingerprint density at radius 1 is 1.15 bits per heavy atom. The lowest BCUT2D eigenvalue weighted by molar-refractivity contribution is 0.243. The number of hydrogen-bond acceptors (Lipinski definition) is 6. The predicted octanol–water partition coefficient (Wildman–Crippen LogP) is 3.70. The molecule has 2 aromatic heterocycles. The highest BCUT2D eigenvalue weighted by Gasteiger charge is 2.32. The molecule has 0 aliphatic carbocycles. The van der Waals surface area contributed by atoms with Crippen LogP contribution in [0.25, 0.3) is 0 Å². The molecular weight excluding hydrogens is 385 g/mol. The minimum atomic E-state index is 0. The van der Waals surface area contributed by atoms with E-state index in [0.717, 1.165) is 42.5 Å². The fourth-order valence-electron chi connectivity index (χ4n) is 3.97. The molecule has 2 fully saturated rings. The molecule has 2 aromatic rings. The van der Waals surface area contributed by atoms with Gasteiger partial charge in [-0.15, -0.1) is 24.8 Å². The predicted molar refractivity (Wildman–Crippen MR) is 112 cm³/mol. The van der Waals surface area contributed by atoms with E-state index < -0.39 is 0 Å². The number of nitrogens with zero attached hydrogens (tertiary/aromatic N) is 4. The van der Waals surface area contributed by atoms with E-state index in [2.05, 4.69) is 25.2 Å². The number of piperidine rings is 2. The number of fused-ring (bicyclic) bond motifs is 1. The van der Waals surface area contributed by atoms with Gasteiger partial charge < -0.3 is 15.0 Å². The van der Waals surface area contributed by atoms with Gasteiger partial charge in [0.15, 0.2) is 5.75 Å². The Hall–Kier alpha value is -1.63. The molecule has 2 aliphatic heterocycles. The van der Waals surface area contributed by atoms with Crippen LogP contribution in [0.15, 0.2) is 24.7 Å². The smallest absolute Gasteiger partial charge is 0.227 e. The van der Waals surface area contributed by atoms with Crippen molar-refractivity contribution in [3.8, 4) is 11.6 Å². The molecule has 0 unspecified atom stereocenters. The van der Waals surface area contributed by atoms with E-state index in [4.69, 9.17) is 4.74 Å². The van der Waals surface area contributed by atoms with Gasteiger partial charge in [-0.05, 0) is 57.7 Å². The molecule has 0 saturated carbocycles. The van der Waals surface area contributed by atoms with Gasteiger partial charge in [0.25, 0.3) is 0 Å². The number of pyridine rings is 1. The molecule has 0 aromatic carbocycles. The number of hydrogen-bond donors (Lipinski definition) is 1. The first-order chi connectivity index (χ1) is 12.2. The second kappa shape index (κ2) is 9.53. The molecule has 1 N–H and O–H groups in total. The number of anilines is 1. The quantitative estimate of drug-likeness (QED) is 0.830. The Balaban J connectivity index is 0.00000131. The van der Waals surface area contributed by atoms with Crippen molar-refractivity contribution in [2.75, 3.05) is 24.5 Å². The minimum Gasteiger partial charge on any atom is -0.437 e. The van der Waals surface area contributed by atoms with Crippen LogP contribution in [-0.2, 0) is 0 Å². The van der Waals surface area contributed by atoms with Crippen molar-refractivity contribution >= 4 is 30.6 Å². The summed E-state index contributed by atoms with van der Waals surface area (Å²) in [6.07, 6.45) is 7.12. The number of rotatable bonds is 3. The second-order valence-corrected chi connectivity index (χ2v) is 7.01. The van der Waals surface area contributed by atoms with E-state index in [1.165, 1.54) is 19.3 Å². The van der Waals surface area contributed by atoms with Crippen LogP contribution in [0.5, 0.6) is 11.6 Å². The van der Waals surface area contributed by atoms with Crippen LogP contribution in [0.4, 0.5) is 5.82 Å². The zero-order chi connectivity index (χ0) is 17.2.